The number of rotatable bonds is 6. The van der Waals surface area contributed by atoms with Gasteiger partial charge in [0.1, 0.15) is 11.9 Å². The van der Waals surface area contributed by atoms with Gasteiger partial charge in [-0.25, -0.2) is 0 Å². The minimum Gasteiger partial charge on any atom is -0.500 e. The van der Waals surface area contributed by atoms with Crippen LogP contribution in [0.2, 0.25) is 0 Å². The van der Waals surface area contributed by atoms with Crippen molar-refractivity contribution in [2.24, 2.45) is 5.92 Å². The van der Waals surface area contributed by atoms with Gasteiger partial charge in [0.25, 0.3) is 0 Å². The molecule has 23 heavy (non-hydrogen) atoms. The summed E-state index contributed by atoms with van der Waals surface area (Å²) in [5.41, 5.74) is 0.581. The molecule has 5 nitrogen and oxygen atoms in total. The third-order valence-corrected chi connectivity index (χ3v) is 3.64. The molecule has 0 radical (unpaired) electrons. The van der Waals surface area contributed by atoms with E-state index in [-0.39, 0.29) is 5.78 Å². The number of benzene rings is 1. The number of allylic oxidation sites excluding steroid dienone is 2. The number of aliphatic hydroxyl groups is 1. The molecular weight excluding hydrogens is 296 g/mol. The van der Waals surface area contributed by atoms with E-state index in [1.807, 2.05) is 6.07 Å². The van der Waals surface area contributed by atoms with Gasteiger partial charge in [-0.05, 0) is 6.08 Å². The first-order valence-electron chi connectivity index (χ1n) is 7.15. The fraction of sp³-hybridized carbons (Fsp3) is 0.278. The van der Waals surface area contributed by atoms with Gasteiger partial charge in [0.2, 0.25) is 0 Å². The average Bonchev–Trinajstić information content (AvgIpc) is 2.60. The fourth-order valence-electron chi connectivity index (χ4n) is 2.43. The number of carbonyl (C=O) groups is 1. The molecule has 122 valence electrons. The van der Waals surface area contributed by atoms with E-state index < -0.39 is 12.0 Å². The van der Waals surface area contributed by atoms with Crippen molar-refractivity contribution in [1.29, 1.82) is 0 Å². The highest BCUT2D eigenvalue weighted by atomic mass is 16.5. The summed E-state index contributed by atoms with van der Waals surface area (Å²) in [6, 6.07) is 8.92. The molecule has 0 saturated carbocycles. The molecule has 0 fully saturated rings. The number of carbonyl (C=O) groups excluding carboxylic acids is 1. The normalized spacial score (nSPS) is 21.1. The van der Waals surface area contributed by atoms with Gasteiger partial charge in [0, 0.05) is 11.6 Å². The zero-order valence-electron chi connectivity index (χ0n) is 13.4. The third-order valence-electron chi connectivity index (χ3n) is 3.64. The maximum absolute atomic E-state index is 12.2. The van der Waals surface area contributed by atoms with E-state index in [4.69, 9.17) is 14.2 Å². The van der Waals surface area contributed by atoms with Crippen molar-refractivity contribution >= 4 is 5.78 Å². The predicted octanol–water partition coefficient (Wildman–Crippen LogP) is 2.45. The van der Waals surface area contributed by atoms with Crippen LogP contribution in [0.3, 0.4) is 0 Å². The molecule has 1 aliphatic rings. The molecule has 0 bridgehead atoms. The van der Waals surface area contributed by atoms with Crippen molar-refractivity contribution in [3.63, 3.8) is 0 Å². The molecule has 0 saturated heterocycles. The largest absolute Gasteiger partial charge is 0.500 e. The van der Waals surface area contributed by atoms with Gasteiger partial charge in [-0.2, -0.15) is 0 Å². The van der Waals surface area contributed by atoms with E-state index in [0.717, 1.165) is 0 Å². The number of hydrogen-bond acceptors (Lipinski definition) is 5. The predicted molar refractivity (Wildman–Crippen MR) is 85.5 cm³/mol. The van der Waals surface area contributed by atoms with Crippen LogP contribution in [-0.4, -0.2) is 38.3 Å². The second kappa shape index (κ2) is 7.65. The lowest BCUT2D eigenvalue weighted by molar-refractivity contribution is 0.0661. The van der Waals surface area contributed by atoms with Crippen LogP contribution in [0, 0.1) is 5.92 Å². The van der Waals surface area contributed by atoms with Gasteiger partial charge in [-0.1, -0.05) is 36.4 Å². The first-order chi connectivity index (χ1) is 11.1. The van der Waals surface area contributed by atoms with Crippen molar-refractivity contribution in [3.05, 3.63) is 71.4 Å². The van der Waals surface area contributed by atoms with E-state index in [0.29, 0.717) is 22.8 Å². The van der Waals surface area contributed by atoms with Crippen LogP contribution in [0.25, 0.3) is 0 Å². The smallest absolute Gasteiger partial charge is 0.185 e. The van der Waals surface area contributed by atoms with Gasteiger partial charge in [0.15, 0.2) is 17.3 Å². The average molecular weight is 316 g/mol. The van der Waals surface area contributed by atoms with E-state index in [1.54, 1.807) is 36.4 Å². The van der Waals surface area contributed by atoms with Crippen molar-refractivity contribution < 1.29 is 24.1 Å². The second-order valence-corrected chi connectivity index (χ2v) is 4.95. The van der Waals surface area contributed by atoms with Crippen LogP contribution >= 0.6 is 0 Å². The lowest BCUT2D eigenvalue weighted by atomic mass is 9.91. The van der Waals surface area contributed by atoms with Crippen molar-refractivity contribution in [2.75, 3.05) is 21.3 Å². The number of aliphatic hydroxyl groups excluding tert-OH is 1. The number of ketones is 1. The maximum Gasteiger partial charge on any atom is 0.185 e. The summed E-state index contributed by atoms with van der Waals surface area (Å²) in [6.45, 7) is 0. The van der Waals surface area contributed by atoms with Crippen LogP contribution in [0.4, 0.5) is 0 Å². The number of ether oxygens (including phenoxy) is 3. The summed E-state index contributed by atoms with van der Waals surface area (Å²) in [5, 5.41) is 10.5. The zero-order valence-corrected chi connectivity index (χ0v) is 13.4. The van der Waals surface area contributed by atoms with Gasteiger partial charge in [0.05, 0.1) is 27.2 Å². The molecule has 5 heteroatoms. The monoisotopic (exact) mass is 316 g/mol. The fourth-order valence-corrected chi connectivity index (χ4v) is 2.43. The lowest BCUT2D eigenvalue weighted by Crippen LogP contribution is -2.29. The minimum absolute atomic E-state index is 0.145. The highest BCUT2D eigenvalue weighted by molar-refractivity contribution is 6.04. The molecule has 2 atom stereocenters. The summed E-state index contributed by atoms with van der Waals surface area (Å²) in [7, 11) is 4.45. The Morgan fingerprint density at radius 1 is 1.09 bits per heavy atom. The third kappa shape index (κ3) is 3.63. The molecule has 2 rings (SSSR count). The van der Waals surface area contributed by atoms with Crippen LogP contribution in [0.5, 0.6) is 0 Å². The molecular formula is C18H20O5. The van der Waals surface area contributed by atoms with Gasteiger partial charge < -0.3 is 19.3 Å². The Hall–Kier alpha value is -2.53. The Balaban J connectivity index is 2.25. The summed E-state index contributed by atoms with van der Waals surface area (Å²) in [6.07, 6.45) is 3.70. The molecule has 0 spiro atoms. The maximum atomic E-state index is 12.2. The summed E-state index contributed by atoms with van der Waals surface area (Å²) < 4.78 is 15.7. The standard InChI is InChI=1S/C18H20O5/c1-21-15-11-16(22-2)18(23-3)17(20)13(15)9-10-14(19)12-7-5-4-6-8-12/h4-11,13,17,20H,1-3H3. The lowest BCUT2D eigenvalue weighted by Gasteiger charge is -2.28. The summed E-state index contributed by atoms with van der Waals surface area (Å²) in [4.78, 5) is 12.2. The van der Waals surface area contributed by atoms with E-state index in [9.17, 15) is 9.90 Å². The second-order valence-electron chi connectivity index (χ2n) is 4.95. The molecule has 1 N–H and O–H groups in total. The van der Waals surface area contributed by atoms with Gasteiger partial charge >= 0.3 is 0 Å². The highest BCUT2D eigenvalue weighted by Crippen LogP contribution is 2.32. The van der Waals surface area contributed by atoms with Crippen LogP contribution in [-0.2, 0) is 14.2 Å². The van der Waals surface area contributed by atoms with E-state index in [1.165, 1.54) is 27.4 Å². The summed E-state index contributed by atoms with van der Waals surface area (Å²) >= 11 is 0. The zero-order chi connectivity index (χ0) is 16.8. The summed E-state index contributed by atoms with van der Waals surface area (Å²) in [5.74, 6) is 0.522. The van der Waals surface area contributed by atoms with Crippen LogP contribution < -0.4 is 0 Å². The first kappa shape index (κ1) is 16.8. The molecule has 0 aromatic heterocycles. The van der Waals surface area contributed by atoms with Crippen molar-refractivity contribution in [1.82, 2.24) is 0 Å². The number of methoxy groups -OCH3 is 3. The first-order valence-corrected chi connectivity index (χ1v) is 7.15. The molecule has 2 unspecified atom stereocenters. The Bertz CT molecular complexity index is 643. The van der Waals surface area contributed by atoms with Crippen LogP contribution in [0.15, 0.2) is 65.8 Å². The Labute approximate surface area is 135 Å². The molecule has 0 aliphatic heterocycles. The SMILES string of the molecule is COC1=CC(OC)=C(OC)C(O)C1C=CC(=O)c1ccccc1. The van der Waals surface area contributed by atoms with Crippen molar-refractivity contribution in [3.8, 4) is 0 Å². The Morgan fingerprint density at radius 2 is 1.78 bits per heavy atom. The number of hydrogen-bond donors (Lipinski definition) is 1. The van der Waals surface area contributed by atoms with Gasteiger partial charge in [-0.15, -0.1) is 0 Å². The van der Waals surface area contributed by atoms with Gasteiger partial charge in [-0.3, -0.25) is 4.79 Å². The Morgan fingerprint density at radius 3 is 2.35 bits per heavy atom. The topological polar surface area (TPSA) is 65.0 Å². The molecule has 1 aromatic rings. The van der Waals surface area contributed by atoms with E-state index >= 15 is 0 Å². The quantitative estimate of drug-likeness (QED) is 0.645. The molecule has 1 aliphatic carbocycles. The molecule has 0 amide bonds. The van der Waals surface area contributed by atoms with Crippen LogP contribution in [0.1, 0.15) is 10.4 Å². The molecule has 0 heterocycles. The highest BCUT2D eigenvalue weighted by Gasteiger charge is 2.33. The van der Waals surface area contributed by atoms with Crippen molar-refractivity contribution in [2.45, 2.75) is 6.10 Å². The Kier molecular flexibility index (Phi) is 5.60. The molecule has 1 aromatic carbocycles. The minimum atomic E-state index is -0.991. The van der Waals surface area contributed by atoms with E-state index in [2.05, 4.69) is 0 Å².